The Balaban J connectivity index is 1.92. The first-order valence-electron chi connectivity index (χ1n) is 15.3. The van der Waals surface area contributed by atoms with Gasteiger partial charge in [0.25, 0.3) is 0 Å². The Kier molecular flexibility index (Phi) is 12.9. The molecule has 2 aliphatic rings. The van der Waals surface area contributed by atoms with Crippen molar-refractivity contribution in [3.05, 3.63) is 35.9 Å². The summed E-state index contributed by atoms with van der Waals surface area (Å²) < 4.78 is 5.34. The lowest BCUT2D eigenvalue weighted by molar-refractivity contribution is -0.154. The quantitative estimate of drug-likeness (QED) is 0.212. The Morgan fingerprint density at radius 1 is 0.956 bits per heavy atom. The van der Waals surface area contributed by atoms with Crippen LogP contribution < -0.4 is 26.6 Å². The summed E-state index contributed by atoms with van der Waals surface area (Å²) in [5, 5.41) is 22.9. The highest BCUT2D eigenvalue weighted by atomic mass is 16.5. The van der Waals surface area contributed by atoms with Crippen molar-refractivity contribution >= 4 is 35.4 Å². The first kappa shape index (κ1) is 35.4. The summed E-state index contributed by atoms with van der Waals surface area (Å²) >= 11 is 0. The van der Waals surface area contributed by atoms with Gasteiger partial charge in [-0.15, -0.1) is 0 Å². The van der Waals surface area contributed by atoms with Crippen LogP contribution in [0, 0.1) is 11.3 Å². The van der Waals surface area contributed by atoms with Crippen LogP contribution in [0.25, 0.3) is 0 Å². The Morgan fingerprint density at radius 2 is 1.62 bits per heavy atom. The van der Waals surface area contributed by atoms with Gasteiger partial charge in [0.05, 0.1) is 25.2 Å². The van der Waals surface area contributed by atoms with Crippen LogP contribution in [-0.4, -0.2) is 110 Å². The van der Waals surface area contributed by atoms with E-state index in [1.807, 2.05) is 6.07 Å². The molecule has 3 rings (SSSR count). The molecule has 0 aromatic heterocycles. The van der Waals surface area contributed by atoms with E-state index in [-0.39, 0.29) is 44.5 Å². The number of benzene rings is 1. The topological polar surface area (TPSA) is 195 Å². The molecule has 4 atom stereocenters. The fourth-order valence-corrected chi connectivity index (χ4v) is 5.44. The summed E-state index contributed by atoms with van der Waals surface area (Å²) in [4.78, 5) is 81.0. The third-order valence-electron chi connectivity index (χ3n) is 8.24. The number of rotatable bonds is 7. The van der Waals surface area contributed by atoms with Crippen LogP contribution in [0.3, 0.4) is 0 Å². The molecule has 1 aromatic carbocycles. The lowest BCUT2D eigenvalue weighted by Crippen LogP contribution is -2.60. The second-order valence-corrected chi connectivity index (χ2v) is 12.1. The van der Waals surface area contributed by atoms with Gasteiger partial charge in [-0.2, -0.15) is 0 Å². The number of carbonyl (C=O) groups excluding carboxylic acids is 6. The summed E-state index contributed by atoms with van der Waals surface area (Å²) in [5.41, 5.74) is -0.0303. The van der Waals surface area contributed by atoms with Crippen LogP contribution in [0.1, 0.15) is 45.6 Å². The summed E-state index contributed by atoms with van der Waals surface area (Å²) in [5.74, 6) is -3.97. The number of hydrogen-bond acceptors (Lipinski definition) is 8. The molecule has 6 N–H and O–H groups in total. The highest BCUT2D eigenvalue weighted by Gasteiger charge is 2.46. The van der Waals surface area contributed by atoms with Gasteiger partial charge in [0.1, 0.15) is 24.2 Å². The molecule has 45 heavy (non-hydrogen) atoms. The third kappa shape index (κ3) is 9.47. The van der Waals surface area contributed by atoms with Crippen LogP contribution in [-0.2, 0) is 39.9 Å². The second kappa shape index (κ2) is 16.3. The molecule has 1 aliphatic heterocycles. The van der Waals surface area contributed by atoms with Crippen molar-refractivity contribution in [3.63, 3.8) is 0 Å². The molecular weight excluding hydrogens is 584 g/mol. The maximum absolute atomic E-state index is 13.8. The van der Waals surface area contributed by atoms with Crippen molar-refractivity contribution in [1.29, 1.82) is 0 Å². The van der Waals surface area contributed by atoms with Gasteiger partial charge in [-0.1, -0.05) is 50.6 Å². The number of aliphatic hydroxyl groups is 1. The Labute approximate surface area is 263 Å². The highest BCUT2D eigenvalue weighted by Crippen LogP contribution is 2.42. The number of hydrogen-bond donors (Lipinski definition) is 6. The number of aliphatic hydroxyl groups excluding tert-OH is 1. The smallest absolute Gasteiger partial charge is 0.245 e. The van der Waals surface area contributed by atoms with Crippen LogP contribution in [0.15, 0.2) is 30.3 Å². The molecule has 0 unspecified atom stereocenters. The van der Waals surface area contributed by atoms with Gasteiger partial charge in [-0.3, -0.25) is 28.8 Å². The average molecular weight is 631 g/mol. The van der Waals surface area contributed by atoms with E-state index in [9.17, 15) is 33.9 Å². The maximum atomic E-state index is 13.8. The summed E-state index contributed by atoms with van der Waals surface area (Å²) in [6.07, 6.45) is 2.13. The lowest BCUT2D eigenvalue weighted by atomic mass is 9.68. The van der Waals surface area contributed by atoms with Gasteiger partial charge in [0, 0.05) is 26.6 Å². The van der Waals surface area contributed by atoms with Gasteiger partial charge >= 0.3 is 0 Å². The fraction of sp³-hybridized carbons (Fsp3) is 0.613. The molecule has 0 bridgehead atoms. The van der Waals surface area contributed by atoms with E-state index in [4.69, 9.17) is 4.74 Å². The molecular formula is C31H46N6O8. The minimum atomic E-state index is -1.41. The van der Waals surface area contributed by atoms with E-state index in [1.54, 1.807) is 38.1 Å². The monoisotopic (exact) mass is 630 g/mol. The molecule has 2 fully saturated rings. The Hall–Kier alpha value is -4.04. The first-order valence-corrected chi connectivity index (χ1v) is 15.3. The minimum Gasteiger partial charge on any atom is -0.394 e. The van der Waals surface area contributed by atoms with E-state index >= 15 is 0 Å². The van der Waals surface area contributed by atoms with E-state index in [0.29, 0.717) is 12.8 Å². The summed E-state index contributed by atoms with van der Waals surface area (Å²) in [7, 11) is 1.51. The first-order chi connectivity index (χ1) is 21.4. The van der Waals surface area contributed by atoms with E-state index in [0.717, 1.165) is 12.0 Å². The molecule has 1 aliphatic carbocycles. The zero-order valence-electron chi connectivity index (χ0n) is 26.4. The summed E-state index contributed by atoms with van der Waals surface area (Å²) in [6.45, 7) is 3.85. The zero-order valence-corrected chi connectivity index (χ0v) is 26.4. The minimum absolute atomic E-state index is 0.0135. The average Bonchev–Trinajstić information content (AvgIpc) is 2.98. The molecule has 6 amide bonds. The molecule has 1 aromatic rings. The molecule has 1 saturated carbocycles. The molecule has 1 heterocycles. The molecule has 14 heteroatoms. The number of methoxy groups -OCH3 is 1. The Bertz CT molecular complexity index is 1220. The third-order valence-corrected chi connectivity index (χ3v) is 8.24. The number of carbonyl (C=O) groups is 6. The van der Waals surface area contributed by atoms with Crippen molar-refractivity contribution in [3.8, 4) is 0 Å². The summed E-state index contributed by atoms with van der Waals surface area (Å²) in [6, 6.07) is 4.31. The van der Waals surface area contributed by atoms with Crippen molar-refractivity contribution in [2.24, 2.45) is 11.3 Å². The standard InChI is InChI=1S/C31H46N6O8/c1-19(2)25-29(43)33-20(3)26(40)35-23(17-38)28(42)34-22(15-21-9-6-5-7-10-21)27(41)32-13-14-37(16-24(39)36-25)30(44)31(18-45-4)11-8-12-31/h5-7,9-10,19-20,22-23,25,38H,8,11-18H2,1-4H3,(H,32,41)(H,33,43)(H,34,42)(H,35,40)(H,36,39)/t20-,22+,23-,25+/m0/s1. The number of amides is 6. The predicted octanol–water partition coefficient (Wildman–Crippen LogP) is -1.39. The van der Waals surface area contributed by atoms with Crippen LogP contribution in [0.4, 0.5) is 0 Å². The molecule has 1 saturated heterocycles. The van der Waals surface area contributed by atoms with Gasteiger partial charge in [0.2, 0.25) is 35.4 Å². The van der Waals surface area contributed by atoms with Crippen molar-refractivity contribution in [1.82, 2.24) is 31.5 Å². The van der Waals surface area contributed by atoms with Crippen LogP contribution in [0.2, 0.25) is 0 Å². The second-order valence-electron chi connectivity index (χ2n) is 12.1. The maximum Gasteiger partial charge on any atom is 0.245 e. The van der Waals surface area contributed by atoms with Crippen LogP contribution in [0.5, 0.6) is 0 Å². The largest absolute Gasteiger partial charge is 0.394 e. The molecule has 0 spiro atoms. The van der Waals surface area contributed by atoms with Gasteiger partial charge in [0.15, 0.2) is 0 Å². The highest BCUT2D eigenvalue weighted by molar-refractivity contribution is 5.96. The van der Waals surface area contributed by atoms with Crippen molar-refractivity contribution in [2.45, 2.75) is 70.6 Å². The molecule has 248 valence electrons. The van der Waals surface area contributed by atoms with Gasteiger partial charge in [-0.05, 0) is 31.2 Å². The molecule has 0 radical (unpaired) electrons. The van der Waals surface area contributed by atoms with Crippen molar-refractivity contribution < 1.29 is 38.6 Å². The predicted molar refractivity (Wildman–Crippen MR) is 163 cm³/mol. The van der Waals surface area contributed by atoms with Crippen LogP contribution >= 0.6 is 0 Å². The number of nitrogens with one attached hydrogen (secondary N) is 5. The van der Waals surface area contributed by atoms with E-state index in [1.165, 1.54) is 18.9 Å². The Morgan fingerprint density at radius 3 is 2.20 bits per heavy atom. The fourth-order valence-electron chi connectivity index (χ4n) is 5.44. The van der Waals surface area contributed by atoms with E-state index < -0.39 is 65.7 Å². The van der Waals surface area contributed by atoms with E-state index in [2.05, 4.69) is 26.6 Å². The molecule has 14 nitrogen and oxygen atoms in total. The number of nitrogens with zero attached hydrogens (tertiary/aromatic N) is 1. The lowest BCUT2D eigenvalue weighted by Gasteiger charge is -2.43. The van der Waals surface area contributed by atoms with Gasteiger partial charge in [-0.25, -0.2) is 0 Å². The number of ether oxygens (including phenoxy) is 1. The SMILES string of the molecule is COCC1(C(=O)N2CCNC(=O)[C@@H](Cc3ccccc3)NC(=O)[C@H](CO)NC(=O)[C@H](C)NC(=O)[C@@H](C(C)C)NC(=O)C2)CCC1. The normalized spacial score (nSPS) is 25.5. The van der Waals surface area contributed by atoms with Gasteiger partial charge < -0.3 is 41.3 Å². The zero-order chi connectivity index (χ0) is 33.1. The van der Waals surface area contributed by atoms with Crippen molar-refractivity contribution in [2.75, 3.05) is 40.0 Å².